The first-order valence-corrected chi connectivity index (χ1v) is 6.16. The molecule has 1 heterocycles. The molecule has 13 heavy (non-hydrogen) atoms. The summed E-state index contributed by atoms with van der Waals surface area (Å²) < 4.78 is 2.29. The summed E-state index contributed by atoms with van der Waals surface area (Å²) in [6, 6.07) is 5.81. The Morgan fingerprint density at radius 2 is 2.38 bits per heavy atom. The number of fused-ring (bicyclic) bond motifs is 1. The van der Waals surface area contributed by atoms with Crippen molar-refractivity contribution < 1.29 is 0 Å². The van der Waals surface area contributed by atoms with Crippen molar-refractivity contribution >= 4 is 44.9 Å². The molecule has 0 aliphatic rings. The molecule has 0 saturated heterocycles. The van der Waals surface area contributed by atoms with Gasteiger partial charge >= 0.3 is 0 Å². The van der Waals surface area contributed by atoms with Gasteiger partial charge < -0.3 is 0 Å². The highest BCUT2D eigenvalue weighted by atomic mass is 35.5. The number of hydrogen-bond acceptors (Lipinski definition) is 3. The van der Waals surface area contributed by atoms with E-state index >= 15 is 0 Å². The molecule has 0 bridgehead atoms. The summed E-state index contributed by atoms with van der Waals surface area (Å²) in [6.45, 7) is 2.13. The van der Waals surface area contributed by atoms with Gasteiger partial charge in [-0.15, -0.1) is 11.3 Å². The molecule has 0 atom stereocenters. The smallest absolute Gasteiger partial charge is 0.151 e. The van der Waals surface area contributed by atoms with E-state index in [9.17, 15) is 0 Å². The molecular weight excluding hydrogens is 222 g/mol. The van der Waals surface area contributed by atoms with Gasteiger partial charge in [0, 0.05) is 5.02 Å². The molecule has 4 heteroatoms. The van der Waals surface area contributed by atoms with Crippen LogP contribution in [-0.2, 0) is 0 Å². The van der Waals surface area contributed by atoms with Crippen LogP contribution in [0.2, 0.25) is 5.02 Å². The van der Waals surface area contributed by atoms with Gasteiger partial charge in [0.1, 0.15) is 0 Å². The largest absolute Gasteiger partial charge is 0.230 e. The lowest BCUT2D eigenvalue weighted by Gasteiger charge is -1.86. The summed E-state index contributed by atoms with van der Waals surface area (Å²) in [4.78, 5) is 4.47. The average molecular weight is 230 g/mol. The van der Waals surface area contributed by atoms with Crippen LogP contribution in [0.4, 0.5) is 0 Å². The Bertz CT molecular complexity index is 424. The minimum absolute atomic E-state index is 0.782. The van der Waals surface area contributed by atoms with Crippen molar-refractivity contribution in [1.29, 1.82) is 0 Å². The molecule has 1 aromatic carbocycles. The van der Waals surface area contributed by atoms with Crippen molar-refractivity contribution in [3.63, 3.8) is 0 Å². The Labute approximate surface area is 90.1 Å². The lowest BCUT2D eigenvalue weighted by Crippen LogP contribution is -1.69. The number of nitrogens with zero attached hydrogens (tertiary/aromatic N) is 1. The van der Waals surface area contributed by atoms with E-state index in [1.165, 1.54) is 4.70 Å². The summed E-state index contributed by atoms with van der Waals surface area (Å²) in [7, 11) is 0. The second-order valence-electron chi connectivity index (χ2n) is 2.52. The van der Waals surface area contributed by atoms with E-state index in [1.807, 2.05) is 18.2 Å². The van der Waals surface area contributed by atoms with Crippen molar-refractivity contribution in [3.8, 4) is 0 Å². The zero-order valence-electron chi connectivity index (χ0n) is 7.08. The molecule has 0 spiro atoms. The maximum atomic E-state index is 5.88. The van der Waals surface area contributed by atoms with Crippen LogP contribution in [0.3, 0.4) is 0 Å². The Morgan fingerprint density at radius 3 is 3.15 bits per heavy atom. The second-order valence-corrected chi connectivity index (χ2v) is 5.50. The van der Waals surface area contributed by atoms with Crippen molar-refractivity contribution in [3.05, 3.63) is 23.2 Å². The number of thioether (sulfide) groups is 1. The second kappa shape index (κ2) is 3.86. The number of hydrogen-bond donors (Lipinski definition) is 0. The SMILES string of the molecule is CCSc1nc2ccc(Cl)cc2s1. The molecule has 1 nitrogen and oxygen atoms in total. The molecule has 2 rings (SSSR count). The Balaban J connectivity index is 2.49. The molecule has 2 aromatic rings. The van der Waals surface area contributed by atoms with Crippen LogP contribution in [0.5, 0.6) is 0 Å². The Kier molecular flexibility index (Phi) is 2.77. The highest BCUT2D eigenvalue weighted by molar-refractivity contribution is 8.01. The summed E-state index contributed by atoms with van der Waals surface area (Å²) in [5, 5.41) is 0.782. The summed E-state index contributed by atoms with van der Waals surface area (Å²) in [5.41, 5.74) is 1.05. The highest BCUT2D eigenvalue weighted by Crippen LogP contribution is 2.30. The normalized spacial score (nSPS) is 10.9. The predicted molar refractivity (Wildman–Crippen MR) is 61.0 cm³/mol. The summed E-state index contributed by atoms with van der Waals surface area (Å²) in [6.07, 6.45) is 0. The third-order valence-corrected chi connectivity index (χ3v) is 3.88. The van der Waals surface area contributed by atoms with Crippen molar-refractivity contribution in [2.75, 3.05) is 5.75 Å². The van der Waals surface area contributed by atoms with Gasteiger partial charge in [-0.1, -0.05) is 30.3 Å². The first-order valence-electron chi connectivity index (χ1n) is 3.98. The fourth-order valence-corrected chi connectivity index (χ4v) is 3.30. The van der Waals surface area contributed by atoms with Crippen molar-refractivity contribution in [2.24, 2.45) is 0 Å². The minimum atomic E-state index is 0.782. The van der Waals surface area contributed by atoms with Gasteiger partial charge in [0.15, 0.2) is 4.34 Å². The van der Waals surface area contributed by atoms with Gasteiger partial charge in [0.05, 0.1) is 10.2 Å². The lowest BCUT2D eigenvalue weighted by molar-refractivity contribution is 1.30. The van der Waals surface area contributed by atoms with Gasteiger partial charge in [-0.2, -0.15) is 0 Å². The topological polar surface area (TPSA) is 12.9 Å². The van der Waals surface area contributed by atoms with E-state index in [4.69, 9.17) is 11.6 Å². The molecule has 0 fully saturated rings. The van der Waals surface area contributed by atoms with Crippen LogP contribution in [0.1, 0.15) is 6.92 Å². The van der Waals surface area contributed by atoms with Crippen molar-refractivity contribution in [2.45, 2.75) is 11.3 Å². The molecule has 68 valence electrons. The molecule has 1 aromatic heterocycles. The number of benzene rings is 1. The molecule has 0 amide bonds. The fourth-order valence-electron chi connectivity index (χ4n) is 1.06. The molecule has 0 unspecified atom stereocenters. The number of aromatic nitrogens is 1. The van der Waals surface area contributed by atoms with Gasteiger partial charge in [-0.3, -0.25) is 0 Å². The first kappa shape index (κ1) is 9.31. The van der Waals surface area contributed by atoms with Crippen LogP contribution < -0.4 is 0 Å². The van der Waals surface area contributed by atoms with E-state index in [-0.39, 0.29) is 0 Å². The van der Waals surface area contributed by atoms with Gasteiger partial charge in [0.2, 0.25) is 0 Å². The molecular formula is C9H8ClNS2. The maximum Gasteiger partial charge on any atom is 0.151 e. The average Bonchev–Trinajstić information content (AvgIpc) is 2.46. The van der Waals surface area contributed by atoms with Crippen molar-refractivity contribution in [1.82, 2.24) is 4.98 Å². The third kappa shape index (κ3) is 1.98. The molecule has 0 saturated carbocycles. The van der Waals surface area contributed by atoms with Crippen LogP contribution in [-0.4, -0.2) is 10.7 Å². The van der Waals surface area contributed by atoms with E-state index < -0.39 is 0 Å². The fraction of sp³-hybridized carbons (Fsp3) is 0.222. The summed E-state index contributed by atoms with van der Waals surface area (Å²) in [5.74, 6) is 1.06. The number of rotatable bonds is 2. The van der Waals surface area contributed by atoms with Crippen LogP contribution in [0.15, 0.2) is 22.5 Å². The number of halogens is 1. The maximum absolute atomic E-state index is 5.88. The zero-order valence-corrected chi connectivity index (χ0v) is 9.47. The highest BCUT2D eigenvalue weighted by Gasteiger charge is 2.03. The number of thiazole rings is 1. The van der Waals surface area contributed by atoms with E-state index in [0.717, 1.165) is 20.6 Å². The summed E-state index contributed by atoms with van der Waals surface area (Å²) >= 11 is 9.35. The van der Waals surface area contributed by atoms with Crippen LogP contribution in [0, 0.1) is 0 Å². The Hall–Kier alpha value is -0.250. The quantitative estimate of drug-likeness (QED) is 0.721. The first-order chi connectivity index (χ1) is 6.29. The lowest BCUT2D eigenvalue weighted by atomic mass is 10.3. The van der Waals surface area contributed by atoms with Gasteiger partial charge in [-0.05, 0) is 24.0 Å². The predicted octanol–water partition coefficient (Wildman–Crippen LogP) is 4.06. The monoisotopic (exact) mass is 229 g/mol. The Morgan fingerprint density at radius 1 is 1.54 bits per heavy atom. The van der Waals surface area contributed by atoms with Crippen LogP contribution >= 0.6 is 34.7 Å². The van der Waals surface area contributed by atoms with E-state index in [2.05, 4.69) is 11.9 Å². The molecule has 0 aliphatic heterocycles. The van der Waals surface area contributed by atoms with Crippen LogP contribution in [0.25, 0.3) is 10.2 Å². The minimum Gasteiger partial charge on any atom is -0.230 e. The molecule has 0 N–H and O–H groups in total. The zero-order chi connectivity index (χ0) is 9.26. The molecule has 0 radical (unpaired) electrons. The third-order valence-electron chi connectivity index (χ3n) is 1.60. The van der Waals surface area contributed by atoms with Gasteiger partial charge in [0.25, 0.3) is 0 Å². The van der Waals surface area contributed by atoms with E-state index in [0.29, 0.717) is 0 Å². The van der Waals surface area contributed by atoms with Gasteiger partial charge in [-0.25, -0.2) is 4.98 Å². The molecule has 0 aliphatic carbocycles. The standard InChI is InChI=1S/C9H8ClNS2/c1-2-12-9-11-7-4-3-6(10)5-8(7)13-9/h3-5H,2H2,1H3. The van der Waals surface area contributed by atoms with E-state index in [1.54, 1.807) is 23.1 Å².